The second-order valence-corrected chi connectivity index (χ2v) is 7.18. The first-order valence-electron chi connectivity index (χ1n) is 8.96. The molecule has 1 saturated carbocycles. The lowest BCUT2D eigenvalue weighted by atomic mass is 9.76. The van der Waals surface area contributed by atoms with Crippen LogP contribution in [-0.2, 0) is 9.47 Å². The number of hydrogen-bond donors (Lipinski definition) is 0. The molecular formula is C19H29FO2. The van der Waals surface area contributed by atoms with E-state index >= 15 is 0 Å². The van der Waals surface area contributed by atoms with Gasteiger partial charge in [0.1, 0.15) is 0 Å². The van der Waals surface area contributed by atoms with Gasteiger partial charge in [-0.3, -0.25) is 0 Å². The molecule has 0 aromatic heterocycles. The minimum absolute atomic E-state index is 0.0304. The first-order valence-corrected chi connectivity index (χ1v) is 8.96. The van der Waals surface area contributed by atoms with Crippen molar-refractivity contribution in [3.63, 3.8) is 0 Å². The molecule has 1 saturated heterocycles. The van der Waals surface area contributed by atoms with E-state index in [2.05, 4.69) is 19.1 Å². The normalized spacial score (nSPS) is 40.6. The molecule has 22 heavy (non-hydrogen) atoms. The molecule has 0 amide bonds. The fraction of sp³-hybridized carbons (Fsp3) is 0.789. The van der Waals surface area contributed by atoms with Crippen LogP contribution in [0.25, 0.3) is 0 Å². The van der Waals surface area contributed by atoms with Gasteiger partial charge >= 0.3 is 0 Å². The van der Waals surface area contributed by atoms with Crippen molar-refractivity contribution in [2.75, 3.05) is 13.2 Å². The van der Waals surface area contributed by atoms with E-state index in [1.807, 2.05) is 0 Å². The highest BCUT2D eigenvalue weighted by Gasteiger charge is 2.34. The largest absolute Gasteiger partial charge is 0.352 e. The van der Waals surface area contributed by atoms with Crippen LogP contribution in [0.15, 0.2) is 24.1 Å². The van der Waals surface area contributed by atoms with Gasteiger partial charge in [-0.1, -0.05) is 18.2 Å². The Labute approximate surface area is 133 Å². The molecule has 2 aliphatic carbocycles. The number of allylic oxidation sites excluding steroid dienone is 4. The molecule has 0 N–H and O–H groups in total. The van der Waals surface area contributed by atoms with E-state index in [-0.39, 0.29) is 12.1 Å². The summed E-state index contributed by atoms with van der Waals surface area (Å²) in [6.07, 6.45) is 13.5. The molecule has 0 bridgehead atoms. The highest BCUT2D eigenvalue weighted by Crippen LogP contribution is 2.37. The fourth-order valence-corrected chi connectivity index (χ4v) is 4.23. The third-order valence-electron chi connectivity index (χ3n) is 5.68. The minimum atomic E-state index is -0.111. The van der Waals surface area contributed by atoms with Crippen molar-refractivity contribution in [1.82, 2.24) is 0 Å². The predicted octanol–water partition coefficient (Wildman–Crippen LogP) is 5.01. The molecule has 3 rings (SSSR count). The van der Waals surface area contributed by atoms with Crippen LogP contribution in [-0.4, -0.2) is 19.5 Å². The van der Waals surface area contributed by atoms with Crippen LogP contribution in [0.1, 0.15) is 51.9 Å². The summed E-state index contributed by atoms with van der Waals surface area (Å²) in [4.78, 5) is 0. The van der Waals surface area contributed by atoms with E-state index < -0.39 is 0 Å². The van der Waals surface area contributed by atoms with Gasteiger partial charge in [-0.15, -0.1) is 0 Å². The summed E-state index contributed by atoms with van der Waals surface area (Å²) in [5, 5.41) is 0. The molecule has 2 fully saturated rings. The number of halogens is 1. The Bertz CT molecular complexity index is 402. The third kappa shape index (κ3) is 3.99. The topological polar surface area (TPSA) is 18.5 Å². The van der Waals surface area contributed by atoms with E-state index in [1.165, 1.54) is 25.7 Å². The highest BCUT2D eigenvalue weighted by molar-refractivity contribution is 4.98. The van der Waals surface area contributed by atoms with Crippen molar-refractivity contribution in [2.24, 2.45) is 23.7 Å². The van der Waals surface area contributed by atoms with Gasteiger partial charge in [-0.25, -0.2) is 4.39 Å². The molecule has 0 aromatic carbocycles. The average molecular weight is 308 g/mol. The summed E-state index contributed by atoms with van der Waals surface area (Å²) >= 11 is 0. The SMILES string of the molecule is C/C=C/C1CCC(C2COC(C3CC=C(F)CC3)OC2)CC1. The van der Waals surface area contributed by atoms with Gasteiger partial charge in [-0.2, -0.15) is 0 Å². The van der Waals surface area contributed by atoms with Crippen LogP contribution >= 0.6 is 0 Å². The Balaban J connectivity index is 1.42. The summed E-state index contributed by atoms with van der Waals surface area (Å²) in [5.74, 6) is 2.46. The summed E-state index contributed by atoms with van der Waals surface area (Å²) in [5.41, 5.74) is 0. The van der Waals surface area contributed by atoms with E-state index in [0.29, 0.717) is 18.3 Å². The van der Waals surface area contributed by atoms with Crippen molar-refractivity contribution in [3.05, 3.63) is 24.1 Å². The van der Waals surface area contributed by atoms with Crippen molar-refractivity contribution < 1.29 is 13.9 Å². The molecular weight excluding hydrogens is 279 g/mol. The first-order chi connectivity index (χ1) is 10.8. The lowest BCUT2D eigenvalue weighted by molar-refractivity contribution is -0.233. The first kappa shape index (κ1) is 16.2. The van der Waals surface area contributed by atoms with E-state index in [1.54, 1.807) is 6.08 Å². The van der Waals surface area contributed by atoms with Crippen LogP contribution in [0.3, 0.4) is 0 Å². The molecule has 1 aliphatic heterocycles. The van der Waals surface area contributed by atoms with Gasteiger partial charge in [-0.05, 0) is 63.7 Å². The molecule has 2 nitrogen and oxygen atoms in total. The summed E-state index contributed by atoms with van der Waals surface area (Å²) in [7, 11) is 0. The standard InChI is InChI=1S/C19H29FO2/c1-2-3-14-4-6-15(7-5-14)17-12-21-19(22-13-17)16-8-10-18(20)11-9-16/h2-3,10,14-17,19H,4-9,11-13H2,1H3/b3-2+. The monoisotopic (exact) mass is 308 g/mol. The van der Waals surface area contributed by atoms with Crippen LogP contribution in [0.2, 0.25) is 0 Å². The van der Waals surface area contributed by atoms with Gasteiger partial charge in [0.25, 0.3) is 0 Å². The number of rotatable bonds is 3. The van der Waals surface area contributed by atoms with E-state index in [0.717, 1.165) is 37.9 Å². The van der Waals surface area contributed by atoms with Crippen molar-refractivity contribution in [2.45, 2.75) is 58.2 Å². The quantitative estimate of drug-likeness (QED) is 0.682. The fourth-order valence-electron chi connectivity index (χ4n) is 4.23. The van der Waals surface area contributed by atoms with Gasteiger partial charge in [0.2, 0.25) is 0 Å². The van der Waals surface area contributed by atoms with Crippen LogP contribution in [0.4, 0.5) is 4.39 Å². The van der Waals surface area contributed by atoms with Crippen LogP contribution in [0, 0.1) is 23.7 Å². The Hall–Kier alpha value is -0.670. The van der Waals surface area contributed by atoms with Crippen molar-refractivity contribution >= 4 is 0 Å². The number of ether oxygens (including phenoxy) is 2. The summed E-state index contributed by atoms with van der Waals surface area (Å²) in [6.45, 7) is 3.76. The molecule has 0 radical (unpaired) electrons. The smallest absolute Gasteiger partial charge is 0.160 e. The molecule has 1 unspecified atom stereocenters. The number of hydrogen-bond acceptors (Lipinski definition) is 2. The lowest BCUT2D eigenvalue weighted by Gasteiger charge is -2.39. The van der Waals surface area contributed by atoms with E-state index in [9.17, 15) is 4.39 Å². The summed E-state index contributed by atoms with van der Waals surface area (Å²) in [6, 6.07) is 0. The molecule has 0 aromatic rings. The Morgan fingerprint density at radius 1 is 1.00 bits per heavy atom. The zero-order valence-electron chi connectivity index (χ0n) is 13.7. The van der Waals surface area contributed by atoms with Gasteiger partial charge in [0, 0.05) is 11.8 Å². The Morgan fingerprint density at radius 3 is 2.32 bits per heavy atom. The molecule has 124 valence electrons. The molecule has 3 aliphatic rings. The van der Waals surface area contributed by atoms with Crippen molar-refractivity contribution in [3.8, 4) is 0 Å². The zero-order valence-corrected chi connectivity index (χ0v) is 13.7. The third-order valence-corrected chi connectivity index (χ3v) is 5.68. The maximum Gasteiger partial charge on any atom is 0.160 e. The zero-order chi connectivity index (χ0) is 15.4. The maximum absolute atomic E-state index is 13.1. The molecule has 3 heteroatoms. The van der Waals surface area contributed by atoms with Crippen molar-refractivity contribution in [1.29, 1.82) is 0 Å². The second kappa shape index (κ2) is 7.74. The van der Waals surface area contributed by atoms with Gasteiger partial charge in [0.05, 0.1) is 19.0 Å². The minimum Gasteiger partial charge on any atom is -0.352 e. The lowest BCUT2D eigenvalue weighted by Crippen LogP contribution is -2.40. The van der Waals surface area contributed by atoms with E-state index in [4.69, 9.17) is 9.47 Å². The Kier molecular flexibility index (Phi) is 5.70. The van der Waals surface area contributed by atoms with Crippen LogP contribution in [0.5, 0.6) is 0 Å². The molecule has 1 atom stereocenters. The Morgan fingerprint density at radius 2 is 1.73 bits per heavy atom. The molecule has 1 heterocycles. The predicted molar refractivity (Wildman–Crippen MR) is 86.0 cm³/mol. The van der Waals surface area contributed by atoms with Gasteiger partial charge in [0.15, 0.2) is 6.29 Å². The highest BCUT2D eigenvalue weighted by atomic mass is 19.1. The summed E-state index contributed by atoms with van der Waals surface area (Å²) < 4.78 is 25.1. The maximum atomic E-state index is 13.1. The van der Waals surface area contributed by atoms with Crippen LogP contribution < -0.4 is 0 Å². The average Bonchev–Trinajstić information content (AvgIpc) is 2.57. The molecule has 0 spiro atoms. The van der Waals surface area contributed by atoms with Gasteiger partial charge < -0.3 is 9.47 Å². The second-order valence-electron chi connectivity index (χ2n) is 7.18.